The van der Waals surface area contributed by atoms with Crippen LogP contribution < -0.4 is 0 Å². The summed E-state index contributed by atoms with van der Waals surface area (Å²) in [5, 5.41) is 18.6. The van der Waals surface area contributed by atoms with Crippen LogP contribution in [-0.2, 0) is 6.42 Å². The number of rotatable bonds is 6. The maximum absolute atomic E-state index is 11.3. The number of allylic oxidation sites excluding steroid dienone is 3. The Kier molecular flexibility index (Phi) is 6.38. The van der Waals surface area contributed by atoms with Crippen molar-refractivity contribution in [1.82, 2.24) is 0 Å². The first-order valence-electron chi connectivity index (χ1n) is 7.17. The zero-order valence-corrected chi connectivity index (χ0v) is 13.1. The molecule has 0 saturated heterocycles. The van der Waals surface area contributed by atoms with Gasteiger partial charge in [0.2, 0.25) is 0 Å². The fraction of sp³-hybridized carbons (Fsp3) is 0.389. The molecule has 3 heteroatoms. The van der Waals surface area contributed by atoms with Crippen molar-refractivity contribution in [2.75, 3.05) is 0 Å². The molecule has 3 nitrogen and oxygen atoms in total. The highest BCUT2D eigenvalue weighted by Crippen LogP contribution is 2.18. The first-order chi connectivity index (χ1) is 9.82. The van der Waals surface area contributed by atoms with Gasteiger partial charge in [-0.1, -0.05) is 48.9 Å². The molecule has 0 aliphatic heterocycles. The minimum atomic E-state index is -0.879. The number of aliphatic hydroxyl groups excluding tert-OH is 1. The van der Waals surface area contributed by atoms with Gasteiger partial charge >= 0.3 is 5.97 Å². The number of benzene rings is 1. The van der Waals surface area contributed by atoms with Crippen LogP contribution in [-0.4, -0.2) is 22.3 Å². The maximum atomic E-state index is 11.3. The fourth-order valence-electron chi connectivity index (χ4n) is 2.14. The van der Waals surface area contributed by atoms with Gasteiger partial charge in [-0.3, -0.25) is 0 Å². The molecule has 2 unspecified atom stereocenters. The monoisotopic (exact) mass is 288 g/mol. The summed E-state index contributed by atoms with van der Waals surface area (Å²) in [6.07, 6.45) is 5.93. The van der Waals surface area contributed by atoms with E-state index in [0.29, 0.717) is 12.0 Å². The highest BCUT2D eigenvalue weighted by Gasteiger charge is 2.12. The van der Waals surface area contributed by atoms with Crippen LogP contribution in [0.3, 0.4) is 0 Å². The minimum absolute atomic E-state index is 0.220. The Bertz CT molecular complexity index is 554. The van der Waals surface area contributed by atoms with E-state index in [9.17, 15) is 15.0 Å². The predicted octanol–water partition coefficient (Wildman–Crippen LogP) is 3.76. The van der Waals surface area contributed by atoms with Crippen molar-refractivity contribution in [1.29, 1.82) is 0 Å². The highest BCUT2D eigenvalue weighted by molar-refractivity contribution is 5.91. The van der Waals surface area contributed by atoms with Crippen molar-refractivity contribution in [3.8, 4) is 0 Å². The summed E-state index contributed by atoms with van der Waals surface area (Å²) in [5.74, 6) is -0.658. The summed E-state index contributed by atoms with van der Waals surface area (Å²) >= 11 is 0. The Balaban J connectivity index is 2.90. The van der Waals surface area contributed by atoms with Crippen LogP contribution in [0.15, 0.2) is 42.0 Å². The van der Waals surface area contributed by atoms with E-state index in [4.69, 9.17) is 0 Å². The van der Waals surface area contributed by atoms with Gasteiger partial charge in [-0.2, -0.15) is 0 Å². The molecular weight excluding hydrogens is 264 g/mol. The third-order valence-corrected chi connectivity index (χ3v) is 3.61. The smallest absolute Gasteiger partial charge is 0.336 e. The molecule has 0 amide bonds. The fourth-order valence-corrected chi connectivity index (χ4v) is 2.14. The van der Waals surface area contributed by atoms with Crippen LogP contribution in [0.2, 0.25) is 0 Å². The Morgan fingerprint density at radius 1 is 1.29 bits per heavy atom. The molecule has 0 fully saturated rings. The van der Waals surface area contributed by atoms with E-state index in [-0.39, 0.29) is 5.92 Å². The molecule has 21 heavy (non-hydrogen) atoms. The van der Waals surface area contributed by atoms with E-state index < -0.39 is 12.1 Å². The number of carboxylic acid groups (broad SMARTS) is 1. The Hall–Kier alpha value is -1.87. The lowest BCUT2D eigenvalue weighted by atomic mass is 9.96. The van der Waals surface area contributed by atoms with Crippen molar-refractivity contribution >= 4 is 5.97 Å². The van der Waals surface area contributed by atoms with E-state index in [2.05, 4.69) is 13.0 Å². The average Bonchev–Trinajstić information content (AvgIpc) is 2.41. The Morgan fingerprint density at radius 2 is 1.95 bits per heavy atom. The van der Waals surface area contributed by atoms with E-state index >= 15 is 0 Å². The third kappa shape index (κ3) is 5.20. The molecule has 0 saturated carbocycles. The second-order valence-electron chi connectivity index (χ2n) is 5.48. The van der Waals surface area contributed by atoms with Crippen molar-refractivity contribution in [3.05, 3.63) is 58.7 Å². The van der Waals surface area contributed by atoms with Gasteiger partial charge in [-0.25, -0.2) is 4.79 Å². The first kappa shape index (κ1) is 17.2. The van der Waals surface area contributed by atoms with Crippen molar-refractivity contribution in [3.63, 3.8) is 0 Å². The van der Waals surface area contributed by atoms with E-state index in [1.165, 1.54) is 0 Å². The summed E-state index contributed by atoms with van der Waals surface area (Å²) in [4.78, 5) is 11.3. The number of aliphatic hydroxyl groups is 1. The van der Waals surface area contributed by atoms with Crippen molar-refractivity contribution in [2.24, 2.45) is 5.92 Å². The number of carbonyl (C=O) groups is 1. The van der Waals surface area contributed by atoms with Crippen LogP contribution >= 0.6 is 0 Å². The zero-order chi connectivity index (χ0) is 16.0. The summed E-state index contributed by atoms with van der Waals surface area (Å²) < 4.78 is 0. The molecule has 0 spiro atoms. The molecule has 1 aromatic carbocycles. The number of carboxylic acids is 1. The van der Waals surface area contributed by atoms with Gasteiger partial charge in [0.25, 0.3) is 0 Å². The molecule has 114 valence electrons. The molecule has 0 aromatic heterocycles. The second-order valence-corrected chi connectivity index (χ2v) is 5.48. The standard InChI is InChI=1S/C18H24O3/c1-12(8-10-15(4)19)13(2)9-11-16-7-5-6-14(3)17(16)18(20)21/h5-10,12,15,19H,11H2,1-4H3,(H,20,21)/b10-8+,13-9-. The van der Waals surface area contributed by atoms with Gasteiger partial charge in [0, 0.05) is 0 Å². The number of hydrogen-bond acceptors (Lipinski definition) is 2. The largest absolute Gasteiger partial charge is 0.478 e. The Labute approximate surface area is 126 Å². The second kappa shape index (κ2) is 7.79. The molecule has 0 aliphatic rings. The molecule has 2 N–H and O–H groups in total. The van der Waals surface area contributed by atoms with Gasteiger partial charge in [0.1, 0.15) is 0 Å². The molecular formula is C18H24O3. The lowest BCUT2D eigenvalue weighted by molar-refractivity contribution is 0.0695. The van der Waals surface area contributed by atoms with E-state index in [0.717, 1.165) is 16.7 Å². The van der Waals surface area contributed by atoms with Gasteiger partial charge in [-0.15, -0.1) is 0 Å². The summed E-state index contributed by atoms with van der Waals surface area (Å²) in [5.41, 5.74) is 3.17. The SMILES string of the molecule is C/C(=C/Cc1cccc(C)c1C(=O)O)C(C)/C=C/C(C)O. The molecule has 0 bridgehead atoms. The maximum Gasteiger partial charge on any atom is 0.336 e. The van der Waals surface area contributed by atoms with Crippen LogP contribution in [0.5, 0.6) is 0 Å². The molecule has 0 aliphatic carbocycles. The molecule has 1 aromatic rings. The van der Waals surface area contributed by atoms with Gasteiger partial charge in [0.15, 0.2) is 0 Å². The number of aromatic carboxylic acids is 1. The van der Waals surface area contributed by atoms with Crippen molar-refractivity contribution < 1.29 is 15.0 Å². The predicted molar refractivity (Wildman–Crippen MR) is 85.6 cm³/mol. The summed E-state index contributed by atoms with van der Waals surface area (Å²) in [6, 6.07) is 5.56. The van der Waals surface area contributed by atoms with Gasteiger partial charge in [0.05, 0.1) is 11.7 Å². The zero-order valence-electron chi connectivity index (χ0n) is 13.1. The molecule has 0 radical (unpaired) electrons. The quantitative estimate of drug-likeness (QED) is 0.784. The number of hydrogen-bond donors (Lipinski definition) is 2. The minimum Gasteiger partial charge on any atom is -0.478 e. The highest BCUT2D eigenvalue weighted by atomic mass is 16.4. The van der Waals surface area contributed by atoms with Gasteiger partial charge < -0.3 is 10.2 Å². The lowest BCUT2D eigenvalue weighted by Gasteiger charge is -2.10. The number of aryl methyl sites for hydroxylation is 1. The van der Waals surface area contributed by atoms with Crippen LogP contribution in [0.1, 0.15) is 42.3 Å². The van der Waals surface area contributed by atoms with E-state index in [1.807, 2.05) is 38.1 Å². The molecule has 1 rings (SSSR count). The summed E-state index contributed by atoms with van der Waals surface area (Å²) in [7, 11) is 0. The topological polar surface area (TPSA) is 57.5 Å². The summed E-state index contributed by atoms with van der Waals surface area (Å²) in [6.45, 7) is 7.61. The van der Waals surface area contributed by atoms with Gasteiger partial charge in [-0.05, 0) is 44.2 Å². The van der Waals surface area contributed by atoms with E-state index in [1.54, 1.807) is 13.0 Å². The lowest BCUT2D eigenvalue weighted by Crippen LogP contribution is -2.05. The van der Waals surface area contributed by atoms with Crippen LogP contribution in [0.25, 0.3) is 0 Å². The normalized spacial score (nSPS) is 15.2. The molecule has 2 atom stereocenters. The van der Waals surface area contributed by atoms with Crippen molar-refractivity contribution in [2.45, 2.75) is 40.2 Å². The van der Waals surface area contributed by atoms with Crippen LogP contribution in [0, 0.1) is 12.8 Å². The van der Waals surface area contributed by atoms with Crippen LogP contribution in [0.4, 0.5) is 0 Å². The molecule has 0 heterocycles. The third-order valence-electron chi connectivity index (χ3n) is 3.61. The first-order valence-corrected chi connectivity index (χ1v) is 7.17. The average molecular weight is 288 g/mol. The Morgan fingerprint density at radius 3 is 2.52 bits per heavy atom.